The lowest BCUT2D eigenvalue weighted by molar-refractivity contribution is 0.411. The van der Waals surface area contributed by atoms with E-state index in [9.17, 15) is 4.39 Å². The molecule has 0 bridgehead atoms. The summed E-state index contributed by atoms with van der Waals surface area (Å²) in [6, 6.07) is 5.01. The van der Waals surface area contributed by atoms with E-state index in [0.717, 1.165) is 21.4 Å². The van der Waals surface area contributed by atoms with Gasteiger partial charge in [-0.2, -0.15) is 4.39 Å². The number of methoxy groups -OCH3 is 2. The molecule has 1 heterocycles. The van der Waals surface area contributed by atoms with E-state index < -0.39 is 0 Å². The minimum atomic E-state index is -0.234. The quantitative estimate of drug-likeness (QED) is 0.761. The van der Waals surface area contributed by atoms with Crippen LogP contribution in [0, 0.1) is 5.13 Å². The zero-order chi connectivity index (χ0) is 10.1. The summed E-state index contributed by atoms with van der Waals surface area (Å²) in [7, 11) is 3.13. The molecule has 0 saturated carbocycles. The lowest BCUT2D eigenvalue weighted by Gasteiger charge is -2.04. The summed E-state index contributed by atoms with van der Waals surface area (Å²) in [5.41, 5.74) is 0. The summed E-state index contributed by atoms with van der Waals surface area (Å²) in [5, 5.41) is 0.525. The fraction of sp³-hybridized carbons (Fsp3) is 0.200. The molecule has 2 aromatic rings. The molecule has 1 aromatic carbocycles. The van der Waals surface area contributed by atoms with Crippen LogP contribution in [-0.2, 0) is 0 Å². The van der Waals surface area contributed by atoms with Crippen LogP contribution in [-0.4, -0.2) is 14.2 Å². The lowest BCUT2D eigenvalue weighted by atomic mass is 10.2. The number of hydrogen-bond acceptors (Lipinski definition) is 3. The molecular formula is C10H9FO2S. The zero-order valence-corrected chi connectivity index (χ0v) is 8.65. The average molecular weight is 212 g/mol. The van der Waals surface area contributed by atoms with E-state index in [2.05, 4.69) is 0 Å². The van der Waals surface area contributed by atoms with Crippen molar-refractivity contribution in [2.75, 3.05) is 14.2 Å². The molecule has 0 aliphatic rings. The van der Waals surface area contributed by atoms with Gasteiger partial charge in [0.2, 0.25) is 0 Å². The number of halogens is 1. The van der Waals surface area contributed by atoms with Gasteiger partial charge in [0.05, 0.1) is 18.9 Å². The first-order valence-corrected chi connectivity index (χ1v) is 4.88. The molecule has 74 valence electrons. The summed E-state index contributed by atoms with van der Waals surface area (Å²) in [5.74, 6) is 1.34. The van der Waals surface area contributed by atoms with Crippen LogP contribution in [0.15, 0.2) is 18.2 Å². The van der Waals surface area contributed by atoms with Crippen molar-refractivity contribution in [1.82, 2.24) is 0 Å². The van der Waals surface area contributed by atoms with Crippen molar-refractivity contribution in [2.24, 2.45) is 0 Å². The maximum Gasteiger partial charge on any atom is 0.177 e. The molecule has 0 unspecified atom stereocenters. The predicted molar refractivity (Wildman–Crippen MR) is 54.9 cm³/mol. The van der Waals surface area contributed by atoms with Crippen LogP contribution in [0.25, 0.3) is 10.1 Å². The molecule has 0 spiro atoms. The second kappa shape index (κ2) is 3.46. The van der Waals surface area contributed by atoms with E-state index in [0.29, 0.717) is 11.5 Å². The Hall–Kier alpha value is -1.29. The molecule has 0 radical (unpaired) electrons. The summed E-state index contributed by atoms with van der Waals surface area (Å²) < 4.78 is 24.1. The van der Waals surface area contributed by atoms with E-state index in [1.165, 1.54) is 6.07 Å². The van der Waals surface area contributed by atoms with Gasteiger partial charge in [-0.15, -0.1) is 11.3 Å². The number of benzene rings is 1. The largest absolute Gasteiger partial charge is 0.496 e. The van der Waals surface area contributed by atoms with E-state index >= 15 is 0 Å². The molecule has 0 fully saturated rings. The smallest absolute Gasteiger partial charge is 0.177 e. The van der Waals surface area contributed by atoms with Crippen molar-refractivity contribution >= 4 is 21.4 Å². The van der Waals surface area contributed by atoms with Crippen molar-refractivity contribution in [2.45, 2.75) is 0 Å². The normalized spacial score (nSPS) is 10.5. The van der Waals surface area contributed by atoms with Crippen molar-refractivity contribution < 1.29 is 13.9 Å². The van der Waals surface area contributed by atoms with Crippen molar-refractivity contribution in [3.8, 4) is 11.5 Å². The first-order chi connectivity index (χ1) is 6.76. The lowest BCUT2D eigenvalue weighted by Crippen LogP contribution is -1.86. The standard InChI is InChI=1S/C10H9FO2S/c1-12-7-3-4-8(13-2)10-6(7)5-9(11)14-10/h3-5H,1-2H3. The third-order valence-corrected chi connectivity index (χ3v) is 2.96. The highest BCUT2D eigenvalue weighted by Gasteiger charge is 2.11. The Bertz CT molecular complexity index is 423. The average Bonchev–Trinajstić information content (AvgIpc) is 2.57. The van der Waals surface area contributed by atoms with Gasteiger partial charge in [-0.05, 0) is 18.2 Å². The molecule has 14 heavy (non-hydrogen) atoms. The van der Waals surface area contributed by atoms with Gasteiger partial charge in [0.25, 0.3) is 0 Å². The van der Waals surface area contributed by atoms with Crippen LogP contribution in [0.3, 0.4) is 0 Å². The van der Waals surface area contributed by atoms with Crippen molar-refractivity contribution in [3.63, 3.8) is 0 Å². The van der Waals surface area contributed by atoms with Crippen LogP contribution < -0.4 is 9.47 Å². The van der Waals surface area contributed by atoms with Crippen molar-refractivity contribution in [3.05, 3.63) is 23.3 Å². The van der Waals surface area contributed by atoms with Gasteiger partial charge in [0, 0.05) is 5.39 Å². The molecule has 1 aromatic heterocycles. The molecule has 2 rings (SSSR count). The van der Waals surface area contributed by atoms with Gasteiger partial charge in [-0.3, -0.25) is 0 Å². The highest BCUT2D eigenvalue weighted by molar-refractivity contribution is 7.18. The maximum absolute atomic E-state index is 13.1. The van der Waals surface area contributed by atoms with E-state index in [1.807, 2.05) is 0 Å². The first-order valence-electron chi connectivity index (χ1n) is 4.06. The summed E-state index contributed by atoms with van der Waals surface area (Å²) in [6.07, 6.45) is 0. The van der Waals surface area contributed by atoms with Crippen LogP contribution in [0.4, 0.5) is 4.39 Å². The fourth-order valence-corrected chi connectivity index (χ4v) is 2.28. The van der Waals surface area contributed by atoms with Gasteiger partial charge >= 0.3 is 0 Å². The van der Waals surface area contributed by atoms with Crippen LogP contribution in [0.1, 0.15) is 0 Å². The minimum Gasteiger partial charge on any atom is -0.496 e. The van der Waals surface area contributed by atoms with E-state index in [1.54, 1.807) is 26.4 Å². The Morgan fingerprint density at radius 3 is 2.43 bits per heavy atom. The number of thiophene rings is 1. The Morgan fingerprint density at radius 1 is 1.14 bits per heavy atom. The van der Waals surface area contributed by atoms with Gasteiger partial charge in [-0.25, -0.2) is 0 Å². The highest BCUT2D eigenvalue weighted by atomic mass is 32.1. The van der Waals surface area contributed by atoms with Crippen LogP contribution in [0.5, 0.6) is 11.5 Å². The summed E-state index contributed by atoms with van der Waals surface area (Å²) in [4.78, 5) is 0. The van der Waals surface area contributed by atoms with E-state index in [4.69, 9.17) is 9.47 Å². The minimum absolute atomic E-state index is 0.234. The predicted octanol–water partition coefficient (Wildman–Crippen LogP) is 3.06. The van der Waals surface area contributed by atoms with Gasteiger partial charge in [-0.1, -0.05) is 0 Å². The Kier molecular flexibility index (Phi) is 2.29. The fourth-order valence-electron chi connectivity index (χ4n) is 1.38. The summed E-state index contributed by atoms with van der Waals surface area (Å²) in [6.45, 7) is 0. The molecule has 0 saturated heterocycles. The van der Waals surface area contributed by atoms with Gasteiger partial charge < -0.3 is 9.47 Å². The third-order valence-electron chi connectivity index (χ3n) is 2.02. The second-order valence-electron chi connectivity index (χ2n) is 2.76. The monoisotopic (exact) mass is 212 g/mol. The molecule has 0 atom stereocenters. The van der Waals surface area contributed by atoms with Gasteiger partial charge in [0.1, 0.15) is 11.5 Å². The zero-order valence-electron chi connectivity index (χ0n) is 7.83. The second-order valence-corrected chi connectivity index (χ2v) is 3.77. The maximum atomic E-state index is 13.1. The Labute approximate surface area is 84.9 Å². The SMILES string of the molecule is COc1ccc(OC)c2sc(F)cc12. The number of hydrogen-bond donors (Lipinski definition) is 0. The molecule has 2 nitrogen and oxygen atoms in total. The summed E-state index contributed by atoms with van der Waals surface area (Å²) >= 11 is 1.06. The van der Waals surface area contributed by atoms with Crippen LogP contribution in [0.2, 0.25) is 0 Å². The molecule has 0 amide bonds. The van der Waals surface area contributed by atoms with Crippen molar-refractivity contribution in [1.29, 1.82) is 0 Å². The number of fused-ring (bicyclic) bond motifs is 1. The first kappa shape index (κ1) is 9.27. The number of rotatable bonds is 2. The topological polar surface area (TPSA) is 18.5 Å². The molecule has 0 aliphatic carbocycles. The highest BCUT2D eigenvalue weighted by Crippen LogP contribution is 2.38. The molecule has 0 N–H and O–H groups in total. The number of ether oxygens (including phenoxy) is 2. The van der Waals surface area contributed by atoms with E-state index in [-0.39, 0.29) is 5.13 Å². The third kappa shape index (κ3) is 1.32. The Morgan fingerprint density at radius 2 is 1.79 bits per heavy atom. The van der Waals surface area contributed by atoms with Gasteiger partial charge in [0.15, 0.2) is 5.13 Å². The molecule has 0 aliphatic heterocycles. The molecular weight excluding hydrogens is 203 g/mol. The Balaban J connectivity index is 2.77. The molecule has 4 heteroatoms. The van der Waals surface area contributed by atoms with Crippen LogP contribution >= 0.6 is 11.3 Å².